The lowest BCUT2D eigenvalue weighted by molar-refractivity contribution is -0.160. The molecule has 3 rings (SSSR count). The molecule has 24 heavy (non-hydrogen) atoms. The lowest BCUT2D eigenvalue weighted by Gasteiger charge is -2.37. The van der Waals surface area contributed by atoms with E-state index in [0.29, 0.717) is 0 Å². The van der Waals surface area contributed by atoms with Gasteiger partial charge in [0, 0.05) is 31.8 Å². The van der Waals surface area contributed by atoms with E-state index in [4.69, 9.17) is 4.74 Å². The molecule has 1 heterocycles. The van der Waals surface area contributed by atoms with Crippen molar-refractivity contribution in [1.29, 1.82) is 0 Å². The first-order valence-corrected chi connectivity index (χ1v) is 7.89. The van der Waals surface area contributed by atoms with Gasteiger partial charge in [0.05, 0.1) is 5.41 Å². The zero-order valence-electron chi connectivity index (χ0n) is 13.1. The van der Waals surface area contributed by atoms with Crippen LogP contribution in [0.4, 0.5) is 13.6 Å². The first kappa shape index (κ1) is 16.7. The molecule has 1 aliphatic heterocycles. The van der Waals surface area contributed by atoms with Gasteiger partial charge in [-0.3, -0.25) is 4.79 Å². The van der Waals surface area contributed by atoms with E-state index in [2.05, 4.69) is 0 Å². The fourth-order valence-corrected chi connectivity index (χ4v) is 3.69. The monoisotopic (exact) mass is 339 g/mol. The summed E-state index contributed by atoms with van der Waals surface area (Å²) in [7, 11) is 0. The van der Waals surface area contributed by atoms with E-state index in [-0.39, 0.29) is 26.1 Å². The minimum absolute atomic E-state index is 0.00445. The van der Waals surface area contributed by atoms with Gasteiger partial charge in [0.2, 0.25) is 5.92 Å². The van der Waals surface area contributed by atoms with Crippen LogP contribution in [-0.2, 0) is 16.1 Å². The minimum Gasteiger partial charge on any atom is -0.481 e. The van der Waals surface area contributed by atoms with Crippen molar-refractivity contribution in [2.24, 2.45) is 11.3 Å². The number of halogens is 2. The number of carboxylic acids is 1. The number of ether oxygens (including phenoxy) is 1. The zero-order chi connectivity index (χ0) is 17.4. The Kier molecular flexibility index (Phi) is 4.19. The second-order valence-electron chi connectivity index (χ2n) is 6.64. The summed E-state index contributed by atoms with van der Waals surface area (Å²) in [5.74, 6) is -4.72. The molecular weight excluding hydrogens is 320 g/mol. The molecule has 2 atom stereocenters. The van der Waals surface area contributed by atoms with Crippen molar-refractivity contribution in [3.63, 3.8) is 0 Å². The number of nitrogens with zero attached hydrogens (tertiary/aromatic N) is 1. The second-order valence-corrected chi connectivity index (χ2v) is 6.64. The number of carboxylic acid groups (broad SMARTS) is 1. The van der Waals surface area contributed by atoms with Gasteiger partial charge in [-0.2, -0.15) is 0 Å². The Balaban J connectivity index is 1.67. The maximum atomic E-state index is 13.6. The fourth-order valence-electron chi connectivity index (χ4n) is 3.69. The van der Waals surface area contributed by atoms with Gasteiger partial charge < -0.3 is 14.7 Å². The van der Waals surface area contributed by atoms with E-state index in [1.807, 2.05) is 18.2 Å². The highest BCUT2D eigenvalue weighted by Gasteiger charge is 2.59. The number of amides is 1. The molecule has 1 N–H and O–H groups in total. The molecule has 7 heteroatoms. The van der Waals surface area contributed by atoms with Crippen LogP contribution in [0.3, 0.4) is 0 Å². The number of fused-ring (bicyclic) bond motifs is 1. The summed E-state index contributed by atoms with van der Waals surface area (Å²) < 4.78 is 32.5. The molecule has 130 valence electrons. The summed E-state index contributed by atoms with van der Waals surface area (Å²) in [5.41, 5.74) is -0.477. The molecule has 2 unspecified atom stereocenters. The van der Waals surface area contributed by atoms with Crippen LogP contribution in [0, 0.1) is 11.3 Å². The van der Waals surface area contributed by atoms with Crippen LogP contribution in [-0.4, -0.2) is 41.1 Å². The Labute approximate surface area is 138 Å². The number of hydrogen-bond acceptors (Lipinski definition) is 3. The third-order valence-corrected chi connectivity index (χ3v) is 5.07. The summed E-state index contributed by atoms with van der Waals surface area (Å²) in [6, 6.07) is 9.07. The standard InChI is InChI=1S/C17H19F2NO4/c18-17(19)7-6-16(14(21)22)11-20(9-13(16)8-17)15(23)24-10-12-4-2-1-3-5-12/h1-5,13H,6-11H2,(H,21,22). The zero-order valence-corrected chi connectivity index (χ0v) is 13.1. The molecule has 2 aliphatic rings. The number of likely N-dealkylation sites (tertiary alicyclic amines) is 1. The van der Waals surface area contributed by atoms with Crippen molar-refractivity contribution in [3.8, 4) is 0 Å². The van der Waals surface area contributed by atoms with Gasteiger partial charge >= 0.3 is 12.1 Å². The maximum Gasteiger partial charge on any atom is 0.410 e. The lowest BCUT2D eigenvalue weighted by atomic mass is 9.67. The first-order valence-electron chi connectivity index (χ1n) is 7.89. The predicted octanol–water partition coefficient (Wildman–Crippen LogP) is 3.15. The molecule has 5 nitrogen and oxygen atoms in total. The summed E-state index contributed by atoms with van der Waals surface area (Å²) in [5, 5.41) is 9.55. The average Bonchev–Trinajstić information content (AvgIpc) is 2.92. The molecule has 0 bridgehead atoms. The number of benzene rings is 1. The van der Waals surface area contributed by atoms with E-state index in [1.165, 1.54) is 4.90 Å². The molecular formula is C17H19F2NO4. The molecule has 1 saturated carbocycles. The molecule has 1 aliphatic carbocycles. The van der Waals surface area contributed by atoms with Crippen LogP contribution < -0.4 is 0 Å². The number of carbonyl (C=O) groups is 2. The van der Waals surface area contributed by atoms with Gasteiger partial charge in [-0.1, -0.05) is 30.3 Å². The second kappa shape index (κ2) is 6.03. The Morgan fingerprint density at radius 3 is 2.62 bits per heavy atom. The van der Waals surface area contributed by atoms with E-state index < -0.39 is 42.2 Å². The van der Waals surface area contributed by atoms with Crippen molar-refractivity contribution >= 4 is 12.1 Å². The Bertz CT molecular complexity index is 637. The first-order chi connectivity index (χ1) is 11.3. The van der Waals surface area contributed by atoms with Gasteiger partial charge in [-0.05, 0) is 12.0 Å². The SMILES string of the molecule is O=C(OCc1ccccc1)N1CC2CC(F)(F)CCC2(C(=O)O)C1. The minimum atomic E-state index is -2.87. The van der Waals surface area contributed by atoms with Gasteiger partial charge in [-0.25, -0.2) is 13.6 Å². The predicted molar refractivity (Wildman–Crippen MR) is 80.6 cm³/mol. The van der Waals surface area contributed by atoms with Gasteiger partial charge in [0.15, 0.2) is 0 Å². The highest BCUT2D eigenvalue weighted by atomic mass is 19.3. The van der Waals surface area contributed by atoms with Crippen LogP contribution in [0.15, 0.2) is 30.3 Å². The van der Waals surface area contributed by atoms with Gasteiger partial charge in [0.25, 0.3) is 0 Å². The highest BCUT2D eigenvalue weighted by Crippen LogP contribution is 2.51. The third kappa shape index (κ3) is 3.07. The normalized spacial score (nSPS) is 28.2. The molecule has 0 radical (unpaired) electrons. The largest absolute Gasteiger partial charge is 0.481 e. The summed E-state index contributed by atoms with van der Waals surface area (Å²) in [6.07, 6.45) is -1.73. The Hall–Kier alpha value is -2.18. The summed E-state index contributed by atoms with van der Waals surface area (Å²) in [6.45, 7) is -0.0106. The van der Waals surface area contributed by atoms with Gasteiger partial charge in [-0.15, -0.1) is 0 Å². The number of rotatable bonds is 3. The highest BCUT2D eigenvalue weighted by molar-refractivity contribution is 5.78. The van der Waals surface area contributed by atoms with E-state index in [0.717, 1.165) is 5.56 Å². The quantitative estimate of drug-likeness (QED) is 0.919. The van der Waals surface area contributed by atoms with E-state index in [9.17, 15) is 23.5 Å². The Morgan fingerprint density at radius 1 is 1.25 bits per heavy atom. The average molecular weight is 339 g/mol. The van der Waals surface area contributed by atoms with Crippen molar-refractivity contribution in [2.75, 3.05) is 13.1 Å². The molecule has 1 aromatic carbocycles. The van der Waals surface area contributed by atoms with Crippen LogP contribution in [0.25, 0.3) is 0 Å². The number of aliphatic carboxylic acids is 1. The molecule has 0 aromatic heterocycles. The molecule has 2 fully saturated rings. The summed E-state index contributed by atoms with van der Waals surface area (Å²) >= 11 is 0. The molecule has 1 amide bonds. The fraction of sp³-hybridized carbons (Fsp3) is 0.529. The molecule has 1 aromatic rings. The number of carbonyl (C=O) groups excluding carboxylic acids is 1. The van der Waals surface area contributed by atoms with E-state index >= 15 is 0 Å². The van der Waals surface area contributed by atoms with Crippen LogP contribution in [0.2, 0.25) is 0 Å². The van der Waals surface area contributed by atoms with Crippen LogP contribution in [0.1, 0.15) is 24.8 Å². The topological polar surface area (TPSA) is 66.8 Å². The molecule has 1 saturated heterocycles. The van der Waals surface area contributed by atoms with Crippen molar-refractivity contribution in [3.05, 3.63) is 35.9 Å². The maximum absolute atomic E-state index is 13.6. The number of hydrogen-bond donors (Lipinski definition) is 1. The smallest absolute Gasteiger partial charge is 0.410 e. The van der Waals surface area contributed by atoms with Crippen molar-refractivity contribution in [2.45, 2.75) is 31.8 Å². The van der Waals surface area contributed by atoms with Crippen LogP contribution in [0.5, 0.6) is 0 Å². The van der Waals surface area contributed by atoms with Gasteiger partial charge in [0.1, 0.15) is 6.61 Å². The number of alkyl halides is 2. The van der Waals surface area contributed by atoms with Crippen molar-refractivity contribution in [1.82, 2.24) is 4.90 Å². The molecule has 0 spiro atoms. The Morgan fingerprint density at radius 2 is 1.96 bits per heavy atom. The summed E-state index contributed by atoms with van der Waals surface area (Å²) in [4.78, 5) is 25.2. The third-order valence-electron chi connectivity index (χ3n) is 5.07. The lowest BCUT2D eigenvalue weighted by Crippen LogP contribution is -2.46. The van der Waals surface area contributed by atoms with Crippen LogP contribution >= 0.6 is 0 Å². The van der Waals surface area contributed by atoms with Crippen molar-refractivity contribution < 1.29 is 28.2 Å². The van der Waals surface area contributed by atoms with E-state index in [1.54, 1.807) is 12.1 Å².